The first-order valence-electron chi connectivity index (χ1n) is 5.35. The number of rotatable bonds is 2. The Morgan fingerprint density at radius 1 is 1.40 bits per heavy atom. The third-order valence-corrected chi connectivity index (χ3v) is 4.40. The van der Waals surface area contributed by atoms with E-state index in [2.05, 4.69) is 37.3 Å². The van der Waals surface area contributed by atoms with Crippen molar-refractivity contribution in [2.24, 2.45) is 0 Å². The predicted octanol–water partition coefficient (Wildman–Crippen LogP) is 3.33. The molecule has 2 rings (SSSR count). The first kappa shape index (κ1) is 10.6. The molecule has 1 atom stereocenters. The molecule has 2 heteroatoms. The average Bonchev–Trinajstić information content (AvgIpc) is 2.71. The lowest BCUT2D eigenvalue weighted by molar-refractivity contribution is 0.672. The van der Waals surface area contributed by atoms with Gasteiger partial charge in [0.1, 0.15) is 4.75 Å². The monoisotopic (exact) mass is 217 g/mol. The summed E-state index contributed by atoms with van der Waals surface area (Å²) in [5, 5.41) is 9.26. The fourth-order valence-electron chi connectivity index (χ4n) is 2.00. The van der Waals surface area contributed by atoms with Crippen molar-refractivity contribution in [2.45, 2.75) is 30.9 Å². The van der Waals surface area contributed by atoms with Crippen LogP contribution in [-0.4, -0.2) is 10.5 Å². The molecule has 1 aromatic carbocycles. The third kappa shape index (κ3) is 2.35. The number of hydrogen-bond donors (Lipinski definition) is 0. The Hall–Kier alpha value is -0.940. The Kier molecular flexibility index (Phi) is 3.02. The van der Waals surface area contributed by atoms with E-state index in [0.717, 1.165) is 18.6 Å². The lowest BCUT2D eigenvalue weighted by atomic mass is 9.95. The summed E-state index contributed by atoms with van der Waals surface area (Å²) in [6, 6.07) is 11.0. The zero-order valence-electron chi connectivity index (χ0n) is 8.99. The molecule has 1 fully saturated rings. The van der Waals surface area contributed by atoms with Crippen LogP contribution in [0, 0.1) is 18.3 Å². The zero-order valence-corrected chi connectivity index (χ0v) is 9.81. The van der Waals surface area contributed by atoms with Crippen molar-refractivity contribution in [2.75, 3.05) is 5.75 Å². The maximum absolute atomic E-state index is 9.26. The summed E-state index contributed by atoms with van der Waals surface area (Å²) < 4.78 is -0.144. The second-order valence-corrected chi connectivity index (χ2v) is 5.70. The molecule has 0 spiro atoms. The molecule has 1 aromatic rings. The van der Waals surface area contributed by atoms with Gasteiger partial charge in [-0.3, -0.25) is 0 Å². The van der Waals surface area contributed by atoms with Gasteiger partial charge in [0.05, 0.1) is 6.07 Å². The number of benzene rings is 1. The third-order valence-electron chi connectivity index (χ3n) is 2.92. The van der Waals surface area contributed by atoms with Gasteiger partial charge >= 0.3 is 0 Å². The molecule has 0 saturated carbocycles. The van der Waals surface area contributed by atoms with E-state index >= 15 is 0 Å². The highest BCUT2D eigenvalue weighted by Crippen LogP contribution is 2.40. The molecule has 78 valence electrons. The highest BCUT2D eigenvalue weighted by atomic mass is 32.2. The van der Waals surface area contributed by atoms with Gasteiger partial charge in [0.15, 0.2) is 0 Å². The second kappa shape index (κ2) is 4.28. The van der Waals surface area contributed by atoms with Gasteiger partial charge < -0.3 is 0 Å². The number of thioether (sulfide) groups is 1. The lowest BCUT2D eigenvalue weighted by Crippen LogP contribution is -2.21. The molecular weight excluding hydrogens is 202 g/mol. The first-order valence-corrected chi connectivity index (χ1v) is 6.33. The summed E-state index contributed by atoms with van der Waals surface area (Å²) in [4.78, 5) is 0. The van der Waals surface area contributed by atoms with Gasteiger partial charge in [0.25, 0.3) is 0 Å². The average molecular weight is 217 g/mol. The van der Waals surface area contributed by atoms with Gasteiger partial charge in [-0.2, -0.15) is 5.26 Å². The molecule has 0 bridgehead atoms. The van der Waals surface area contributed by atoms with Crippen molar-refractivity contribution < 1.29 is 0 Å². The van der Waals surface area contributed by atoms with Gasteiger partial charge in [-0.15, -0.1) is 11.8 Å². The van der Waals surface area contributed by atoms with Crippen LogP contribution in [0.15, 0.2) is 24.3 Å². The molecule has 1 unspecified atom stereocenters. The standard InChI is InChI=1S/C13H15NS/c1-11-3-5-12(6-4-11)9-13(10-14)7-2-8-15-13/h3-6H,2,7-9H2,1H3. The minimum atomic E-state index is -0.144. The van der Waals surface area contributed by atoms with Crippen molar-refractivity contribution in [3.8, 4) is 6.07 Å². The van der Waals surface area contributed by atoms with Crippen molar-refractivity contribution in [3.63, 3.8) is 0 Å². The van der Waals surface area contributed by atoms with Crippen molar-refractivity contribution >= 4 is 11.8 Å². The maximum atomic E-state index is 9.26. The summed E-state index contributed by atoms with van der Waals surface area (Å²) in [6.07, 6.45) is 3.13. The Morgan fingerprint density at radius 2 is 2.13 bits per heavy atom. The molecule has 0 aromatic heterocycles. The summed E-state index contributed by atoms with van der Waals surface area (Å²) in [6.45, 7) is 2.09. The van der Waals surface area contributed by atoms with Crippen LogP contribution >= 0.6 is 11.8 Å². The highest BCUT2D eigenvalue weighted by Gasteiger charge is 2.34. The molecule has 1 aliphatic heterocycles. The van der Waals surface area contributed by atoms with Crippen LogP contribution < -0.4 is 0 Å². The maximum Gasteiger partial charge on any atom is 0.106 e. The van der Waals surface area contributed by atoms with Crippen molar-refractivity contribution in [1.82, 2.24) is 0 Å². The van der Waals surface area contributed by atoms with Crippen LogP contribution in [0.1, 0.15) is 24.0 Å². The quantitative estimate of drug-likeness (QED) is 0.758. The lowest BCUT2D eigenvalue weighted by Gasteiger charge is -2.19. The molecule has 0 radical (unpaired) electrons. The zero-order chi connectivity index (χ0) is 10.7. The van der Waals surface area contributed by atoms with Crippen molar-refractivity contribution in [3.05, 3.63) is 35.4 Å². The normalized spacial score (nSPS) is 25.1. The van der Waals surface area contributed by atoms with Crippen LogP contribution in [0.3, 0.4) is 0 Å². The van der Waals surface area contributed by atoms with E-state index in [1.807, 2.05) is 11.8 Å². The molecule has 0 aliphatic carbocycles. The molecule has 0 N–H and O–H groups in total. The van der Waals surface area contributed by atoms with Gasteiger partial charge in [-0.05, 0) is 31.1 Å². The van der Waals surface area contributed by atoms with Gasteiger partial charge in [0, 0.05) is 6.42 Å². The molecule has 1 aliphatic rings. The SMILES string of the molecule is Cc1ccc(CC2(C#N)CCCS2)cc1. The molecule has 1 heterocycles. The van der Waals surface area contributed by atoms with E-state index in [1.54, 1.807) is 0 Å². The number of nitriles is 1. The topological polar surface area (TPSA) is 23.8 Å². The van der Waals surface area contributed by atoms with Gasteiger partial charge in [-0.25, -0.2) is 0 Å². The first-order chi connectivity index (χ1) is 7.24. The van der Waals surface area contributed by atoms with Gasteiger partial charge in [0.2, 0.25) is 0 Å². The van der Waals surface area contributed by atoms with Crippen LogP contribution in [0.5, 0.6) is 0 Å². The van der Waals surface area contributed by atoms with Crippen LogP contribution in [-0.2, 0) is 6.42 Å². The Balaban J connectivity index is 2.14. The summed E-state index contributed by atoms with van der Waals surface area (Å²) in [7, 11) is 0. The fraction of sp³-hybridized carbons (Fsp3) is 0.462. The summed E-state index contributed by atoms with van der Waals surface area (Å²) in [5.74, 6) is 1.14. The van der Waals surface area contributed by atoms with Crippen molar-refractivity contribution in [1.29, 1.82) is 5.26 Å². The predicted molar refractivity (Wildman–Crippen MR) is 64.9 cm³/mol. The fourth-order valence-corrected chi connectivity index (χ4v) is 3.30. The number of aryl methyl sites for hydroxylation is 1. The molecule has 15 heavy (non-hydrogen) atoms. The molecule has 1 saturated heterocycles. The van der Waals surface area contributed by atoms with Crippen LogP contribution in [0.4, 0.5) is 0 Å². The van der Waals surface area contributed by atoms with Crippen LogP contribution in [0.25, 0.3) is 0 Å². The smallest absolute Gasteiger partial charge is 0.106 e. The highest BCUT2D eigenvalue weighted by molar-refractivity contribution is 8.01. The van der Waals surface area contributed by atoms with Crippen LogP contribution in [0.2, 0.25) is 0 Å². The summed E-state index contributed by atoms with van der Waals surface area (Å²) in [5.41, 5.74) is 2.57. The Bertz CT molecular complexity index is 369. The van der Waals surface area contributed by atoms with Gasteiger partial charge in [-0.1, -0.05) is 29.8 Å². The minimum absolute atomic E-state index is 0.144. The number of nitrogens with zero attached hydrogens (tertiary/aromatic N) is 1. The second-order valence-electron chi connectivity index (χ2n) is 4.22. The van der Waals surface area contributed by atoms with E-state index in [1.165, 1.54) is 17.5 Å². The van der Waals surface area contributed by atoms with E-state index in [-0.39, 0.29) is 4.75 Å². The van der Waals surface area contributed by atoms with E-state index in [0.29, 0.717) is 0 Å². The van der Waals surface area contributed by atoms with E-state index < -0.39 is 0 Å². The van der Waals surface area contributed by atoms with E-state index in [4.69, 9.17) is 0 Å². The Morgan fingerprint density at radius 3 is 2.67 bits per heavy atom. The minimum Gasteiger partial charge on any atom is -0.197 e. The molecule has 0 amide bonds. The molecule has 1 nitrogen and oxygen atoms in total. The largest absolute Gasteiger partial charge is 0.197 e. The summed E-state index contributed by atoms with van der Waals surface area (Å²) >= 11 is 1.83. The van der Waals surface area contributed by atoms with E-state index in [9.17, 15) is 5.26 Å². The molecular formula is C13H15NS. The Labute approximate surface area is 95.5 Å². The number of hydrogen-bond acceptors (Lipinski definition) is 2.